The second-order valence-corrected chi connectivity index (χ2v) is 5.55. The van der Waals surface area contributed by atoms with Crippen LogP contribution in [0.4, 0.5) is 5.69 Å². The Hall–Kier alpha value is -3.41. The molecule has 3 rings (SSSR count). The van der Waals surface area contributed by atoms with E-state index in [9.17, 15) is 20.0 Å². The number of nitro benzene ring substituents is 1. The van der Waals surface area contributed by atoms with Gasteiger partial charge >= 0.3 is 5.97 Å². The zero-order valence-corrected chi connectivity index (χ0v) is 13.2. The molecule has 0 amide bonds. The number of non-ortho nitro benzene ring substituents is 1. The molecule has 1 atom stereocenters. The van der Waals surface area contributed by atoms with Crippen molar-refractivity contribution in [1.29, 1.82) is 0 Å². The van der Waals surface area contributed by atoms with Crippen LogP contribution in [0.5, 0.6) is 5.75 Å². The molecule has 0 aliphatic heterocycles. The molecule has 25 heavy (non-hydrogen) atoms. The Morgan fingerprint density at radius 2 is 1.80 bits per heavy atom. The Kier molecular flexibility index (Phi) is 4.61. The zero-order valence-electron chi connectivity index (χ0n) is 13.2. The van der Waals surface area contributed by atoms with Crippen molar-refractivity contribution in [1.82, 2.24) is 0 Å². The highest BCUT2D eigenvalue weighted by Gasteiger charge is 2.22. The molecule has 0 radical (unpaired) electrons. The summed E-state index contributed by atoms with van der Waals surface area (Å²) < 4.78 is 5.72. The molecule has 3 aromatic rings. The van der Waals surface area contributed by atoms with Gasteiger partial charge in [-0.25, -0.2) is 4.79 Å². The van der Waals surface area contributed by atoms with Gasteiger partial charge in [0.15, 0.2) is 6.10 Å². The third kappa shape index (κ3) is 3.74. The van der Waals surface area contributed by atoms with Crippen LogP contribution in [0.1, 0.15) is 5.56 Å². The maximum atomic E-state index is 11.6. The number of hydrogen-bond donors (Lipinski definition) is 1. The van der Waals surface area contributed by atoms with E-state index in [1.807, 2.05) is 30.3 Å². The molecule has 0 fully saturated rings. The fourth-order valence-corrected chi connectivity index (χ4v) is 2.64. The molecule has 0 aromatic heterocycles. The molecule has 0 heterocycles. The first kappa shape index (κ1) is 16.4. The standard InChI is InChI=1S/C19H15NO5/c21-19(22)18(12-13-5-3-8-15(11-13)20(23)24)25-17-10-4-7-14-6-1-2-9-16(14)17/h1-11,18H,12H2,(H,21,22). The third-order valence-electron chi connectivity index (χ3n) is 3.84. The molecule has 3 aromatic carbocycles. The Labute approximate surface area is 143 Å². The van der Waals surface area contributed by atoms with Gasteiger partial charge in [-0.05, 0) is 17.0 Å². The highest BCUT2D eigenvalue weighted by molar-refractivity contribution is 5.88. The molecule has 0 aliphatic rings. The van der Waals surface area contributed by atoms with E-state index >= 15 is 0 Å². The number of nitrogens with zero attached hydrogens (tertiary/aromatic N) is 1. The van der Waals surface area contributed by atoms with Crippen LogP contribution in [-0.2, 0) is 11.2 Å². The number of carbonyl (C=O) groups is 1. The number of benzene rings is 3. The Balaban J connectivity index is 1.88. The van der Waals surface area contributed by atoms with Gasteiger partial charge in [0.2, 0.25) is 0 Å². The molecule has 1 unspecified atom stereocenters. The number of rotatable bonds is 6. The minimum Gasteiger partial charge on any atom is -0.478 e. The fourth-order valence-electron chi connectivity index (χ4n) is 2.64. The topological polar surface area (TPSA) is 89.7 Å². The second-order valence-electron chi connectivity index (χ2n) is 5.55. The van der Waals surface area contributed by atoms with Crippen molar-refractivity contribution in [3.63, 3.8) is 0 Å². The van der Waals surface area contributed by atoms with Crippen LogP contribution in [0.2, 0.25) is 0 Å². The minimum atomic E-state index is -1.15. The Morgan fingerprint density at radius 1 is 1.08 bits per heavy atom. The normalized spacial score (nSPS) is 11.8. The van der Waals surface area contributed by atoms with Crippen LogP contribution < -0.4 is 4.74 Å². The number of hydrogen-bond acceptors (Lipinski definition) is 4. The molecule has 6 nitrogen and oxygen atoms in total. The average molecular weight is 337 g/mol. The van der Waals surface area contributed by atoms with E-state index < -0.39 is 17.0 Å². The van der Waals surface area contributed by atoms with Gasteiger partial charge in [0.1, 0.15) is 5.75 Å². The van der Waals surface area contributed by atoms with E-state index in [-0.39, 0.29) is 12.1 Å². The predicted octanol–water partition coefficient (Wildman–Crippen LogP) is 3.82. The average Bonchev–Trinajstić information content (AvgIpc) is 2.61. The molecule has 0 saturated carbocycles. The van der Waals surface area contributed by atoms with Crippen LogP contribution in [0.3, 0.4) is 0 Å². The molecular formula is C19H15NO5. The molecular weight excluding hydrogens is 322 g/mol. The van der Waals surface area contributed by atoms with Gasteiger partial charge in [0.25, 0.3) is 5.69 Å². The van der Waals surface area contributed by atoms with E-state index in [0.717, 1.165) is 10.8 Å². The number of carboxylic acid groups (broad SMARTS) is 1. The van der Waals surface area contributed by atoms with Crippen molar-refractivity contribution in [2.75, 3.05) is 0 Å². The van der Waals surface area contributed by atoms with Crippen LogP contribution in [0.15, 0.2) is 66.7 Å². The summed E-state index contributed by atoms with van der Waals surface area (Å²) in [6.45, 7) is 0. The van der Waals surface area contributed by atoms with E-state index in [2.05, 4.69) is 0 Å². The summed E-state index contributed by atoms with van der Waals surface area (Å²) >= 11 is 0. The number of fused-ring (bicyclic) bond motifs is 1. The van der Waals surface area contributed by atoms with E-state index in [1.54, 1.807) is 18.2 Å². The summed E-state index contributed by atoms with van der Waals surface area (Å²) in [6.07, 6.45) is -1.12. The maximum Gasteiger partial charge on any atom is 0.345 e. The molecule has 0 saturated heterocycles. The van der Waals surface area contributed by atoms with Gasteiger partial charge in [-0.3, -0.25) is 10.1 Å². The van der Waals surface area contributed by atoms with Crippen molar-refractivity contribution in [2.24, 2.45) is 0 Å². The zero-order chi connectivity index (χ0) is 17.8. The smallest absolute Gasteiger partial charge is 0.345 e. The van der Waals surface area contributed by atoms with Crippen molar-refractivity contribution < 1.29 is 19.6 Å². The van der Waals surface area contributed by atoms with Gasteiger partial charge in [-0.1, -0.05) is 48.5 Å². The lowest BCUT2D eigenvalue weighted by Crippen LogP contribution is -2.29. The van der Waals surface area contributed by atoms with Crippen molar-refractivity contribution in [2.45, 2.75) is 12.5 Å². The summed E-state index contributed by atoms with van der Waals surface area (Å²) in [6, 6.07) is 18.9. The molecule has 0 spiro atoms. The Bertz CT molecular complexity index is 933. The summed E-state index contributed by atoms with van der Waals surface area (Å²) in [4.78, 5) is 22.0. The summed E-state index contributed by atoms with van der Waals surface area (Å²) in [7, 11) is 0. The van der Waals surface area contributed by atoms with Crippen LogP contribution in [0.25, 0.3) is 10.8 Å². The highest BCUT2D eigenvalue weighted by atomic mass is 16.6. The lowest BCUT2D eigenvalue weighted by molar-refractivity contribution is -0.384. The van der Waals surface area contributed by atoms with Gasteiger partial charge in [0, 0.05) is 23.9 Å². The number of ether oxygens (including phenoxy) is 1. The van der Waals surface area contributed by atoms with Gasteiger partial charge in [-0.15, -0.1) is 0 Å². The number of carboxylic acids is 1. The molecule has 1 N–H and O–H groups in total. The molecule has 0 aliphatic carbocycles. The predicted molar refractivity (Wildman–Crippen MR) is 92.8 cm³/mol. The number of aliphatic carboxylic acids is 1. The van der Waals surface area contributed by atoms with Gasteiger partial charge in [-0.2, -0.15) is 0 Å². The fraction of sp³-hybridized carbons (Fsp3) is 0.105. The largest absolute Gasteiger partial charge is 0.478 e. The van der Waals surface area contributed by atoms with Crippen LogP contribution in [-0.4, -0.2) is 22.1 Å². The SMILES string of the molecule is O=C(O)C(Cc1cccc([N+](=O)[O-])c1)Oc1cccc2ccccc12. The summed E-state index contributed by atoms with van der Waals surface area (Å²) in [5.74, 6) is -0.657. The van der Waals surface area contributed by atoms with Gasteiger partial charge < -0.3 is 9.84 Å². The second kappa shape index (κ2) is 7.00. The van der Waals surface area contributed by atoms with Crippen LogP contribution >= 0.6 is 0 Å². The summed E-state index contributed by atoms with van der Waals surface area (Å²) in [5, 5.41) is 22.1. The molecule has 0 bridgehead atoms. The van der Waals surface area contributed by atoms with Crippen molar-refractivity contribution in [3.8, 4) is 5.75 Å². The monoisotopic (exact) mass is 337 g/mol. The Morgan fingerprint density at radius 3 is 2.56 bits per heavy atom. The van der Waals surface area contributed by atoms with Crippen molar-refractivity contribution >= 4 is 22.4 Å². The lowest BCUT2D eigenvalue weighted by atomic mass is 10.1. The molecule has 6 heteroatoms. The minimum absolute atomic E-state index is 0.0280. The third-order valence-corrected chi connectivity index (χ3v) is 3.84. The lowest BCUT2D eigenvalue weighted by Gasteiger charge is -2.16. The van der Waals surface area contributed by atoms with E-state index in [1.165, 1.54) is 18.2 Å². The first-order valence-corrected chi connectivity index (χ1v) is 7.65. The van der Waals surface area contributed by atoms with E-state index in [0.29, 0.717) is 11.3 Å². The van der Waals surface area contributed by atoms with E-state index in [4.69, 9.17) is 4.74 Å². The summed E-state index contributed by atoms with van der Waals surface area (Å²) in [5.41, 5.74) is 0.452. The first-order valence-electron chi connectivity index (χ1n) is 7.65. The van der Waals surface area contributed by atoms with Crippen LogP contribution in [0, 0.1) is 10.1 Å². The quantitative estimate of drug-likeness (QED) is 0.545. The maximum absolute atomic E-state index is 11.6. The number of nitro groups is 1. The molecule has 126 valence electrons. The van der Waals surface area contributed by atoms with Gasteiger partial charge in [0.05, 0.1) is 4.92 Å². The van der Waals surface area contributed by atoms with Crippen molar-refractivity contribution in [3.05, 3.63) is 82.4 Å². The first-order chi connectivity index (χ1) is 12.0. The highest BCUT2D eigenvalue weighted by Crippen LogP contribution is 2.27.